The Morgan fingerprint density at radius 2 is 1.62 bits per heavy atom. The van der Waals surface area contributed by atoms with Crippen LogP contribution in [0, 0.1) is 10.1 Å². The van der Waals surface area contributed by atoms with E-state index < -0.39 is 4.92 Å². The van der Waals surface area contributed by atoms with E-state index in [4.69, 9.17) is 11.6 Å². The monoisotopic (exact) mass is 345 g/mol. The van der Waals surface area contributed by atoms with Crippen molar-refractivity contribution in [3.63, 3.8) is 0 Å². The van der Waals surface area contributed by atoms with Crippen LogP contribution in [0.4, 0.5) is 11.4 Å². The first-order chi connectivity index (χ1) is 11.6. The second kappa shape index (κ2) is 6.88. The molecule has 2 aromatic carbocycles. The van der Waals surface area contributed by atoms with Gasteiger partial charge in [0.25, 0.3) is 11.6 Å². The van der Waals surface area contributed by atoms with Gasteiger partial charge in [0.2, 0.25) is 0 Å². The number of amides is 1. The number of anilines is 1. The van der Waals surface area contributed by atoms with Crippen molar-refractivity contribution in [2.24, 2.45) is 0 Å². The first kappa shape index (κ1) is 16.3. The predicted octanol–water partition coefficient (Wildman–Crippen LogP) is 3.21. The molecule has 1 amide bonds. The molecule has 0 radical (unpaired) electrons. The van der Waals surface area contributed by atoms with E-state index in [1.54, 1.807) is 17.0 Å². The number of para-hydroxylation sites is 1. The van der Waals surface area contributed by atoms with Gasteiger partial charge in [-0.1, -0.05) is 23.7 Å². The number of carbonyl (C=O) groups excluding carboxylic acids is 1. The topological polar surface area (TPSA) is 66.7 Å². The molecule has 0 bridgehead atoms. The van der Waals surface area contributed by atoms with Crippen LogP contribution in [0.5, 0.6) is 0 Å². The zero-order valence-corrected chi connectivity index (χ0v) is 13.6. The van der Waals surface area contributed by atoms with Crippen LogP contribution in [0.2, 0.25) is 5.02 Å². The molecule has 7 heteroatoms. The molecule has 0 aromatic heterocycles. The lowest BCUT2D eigenvalue weighted by atomic mass is 10.1. The quantitative estimate of drug-likeness (QED) is 0.633. The molecule has 1 aliphatic heterocycles. The Morgan fingerprint density at radius 1 is 1.00 bits per heavy atom. The number of carbonyl (C=O) groups is 1. The molecule has 1 heterocycles. The third-order valence-corrected chi connectivity index (χ3v) is 4.34. The third-order valence-electron chi connectivity index (χ3n) is 4.09. The molecule has 1 saturated heterocycles. The molecule has 1 fully saturated rings. The molecule has 124 valence electrons. The van der Waals surface area contributed by atoms with Gasteiger partial charge in [-0.05, 0) is 30.3 Å². The van der Waals surface area contributed by atoms with Crippen molar-refractivity contribution in [1.29, 1.82) is 0 Å². The molecule has 2 aromatic rings. The summed E-state index contributed by atoms with van der Waals surface area (Å²) in [5.41, 5.74) is 1.04. The number of hydrogen-bond acceptors (Lipinski definition) is 4. The number of halogens is 1. The lowest BCUT2D eigenvalue weighted by Crippen LogP contribution is -2.48. The molecule has 3 rings (SSSR count). The highest BCUT2D eigenvalue weighted by Crippen LogP contribution is 2.22. The summed E-state index contributed by atoms with van der Waals surface area (Å²) in [4.78, 5) is 27.0. The minimum Gasteiger partial charge on any atom is -0.368 e. The fourth-order valence-electron chi connectivity index (χ4n) is 2.80. The van der Waals surface area contributed by atoms with E-state index in [9.17, 15) is 14.9 Å². The van der Waals surface area contributed by atoms with E-state index in [2.05, 4.69) is 4.90 Å². The summed E-state index contributed by atoms with van der Waals surface area (Å²) in [6.45, 7) is 2.39. The van der Waals surface area contributed by atoms with Gasteiger partial charge < -0.3 is 9.80 Å². The number of hydrogen-bond donors (Lipinski definition) is 0. The summed E-state index contributed by atoms with van der Waals surface area (Å²) in [5.74, 6) is -0.293. The largest absolute Gasteiger partial charge is 0.368 e. The van der Waals surface area contributed by atoms with Gasteiger partial charge in [-0.3, -0.25) is 14.9 Å². The molecule has 0 aliphatic carbocycles. The first-order valence-corrected chi connectivity index (χ1v) is 7.97. The molecule has 0 unspecified atom stereocenters. The van der Waals surface area contributed by atoms with Gasteiger partial charge in [-0.15, -0.1) is 0 Å². The maximum Gasteiger partial charge on any atom is 0.282 e. The van der Waals surface area contributed by atoms with Crippen molar-refractivity contribution >= 4 is 28.9 Å². The van der Waals surface area contributed by atoms with Crippen LogP contribution in [0.3, 0.4) is 0 Å². The number of nitro benzene ring substituents is 1. The van der Waals surface area contributed by atoms with Crippen LogP contribution in [0.1, 0.15) is 10.4 Å². The van der Waals surface area contributed by atoms with Crippen LogP contribution in [-0.4, -0.2) is 41.9 Å². The molecule has 1 aliphatic rings. The average molecular weight is 346 g/mol. The van der Waals surface area contributed by atoms with Crippen molar-refractivity contribution in [3.8, 4) is 0 Å². The second-order valence-corrected chi connectivity index (χ2v) is 5.97. The normalized spacial score (nSPS) is 14.5. The van der Waals surface area contributed by atoms with Crippen LogP contribution in [-0.2, 0) is 0 Å². The van der Waals surface area contributed by atoms with Crippen LogP contribution < -0.4 is 4.90 Å². The van der Waals surface area contributed by atoms with E-state index in [0.717, 1.165) is 5.69 Å². The van der Waals surface area contributed by atoms with Crippen LogP contribution >= 0.6 is 11.6 Å². The van der Waals surface area contributed by atoms with Gasteiger partial charge in [0, 0.05) is 43.0 Å². The highest BCUT2D eigenvalue weighted by Gasteiger charge is 2.27. The highest BCUT2D eigenvalue weighted by atomic mass is 35.5. The first-order valence-electron chi connectivity index (χ1n) is 7.59. The van der Waals surface area contributed by atoms with Crippen molar-refractivity contribution in [2.75, 3.05) is 31.1 Å². The van der Waals surface area contributed by atoms with Gasteiger partial charge in [0.05, 0.1) is 4.92 Å². The summed E-state index contributed by atoms with van der Waals surface area (Å²) in [7, 11) is 0. The molecule has 0 spiro atoms. The van der Waals surface area contributed by atoms with Crippen LogP contribution in [0.25, 0.3) is 0 Å². The Balaban J connectivity index is 1.69. The number of nitrogens with zero attached hydrogens (tertiary/aromatic N) is 3. The standard InChI is InChI=1S/C17H16ClN3O3/c18-13-5-7-14(8-6-13)19-9-11-20(12-10-19)17(22)15-3-1-2-4-16(15)21(23)24/h1-8H,9-12H2. The number of piperazine rings is 1. The Bertz CT molecular complexity index is 756. The zero-order chi connectivity index (χ0) is 17.1. The molecule has 0 saturated carbocycles. The van der Waals surface area contributed by atoms with Crippen molar-refractivity contribution < 1.29 is 9.72 Å². The Hall–Kier alpha value is -2.60. The molecule has 6 nitrogen and oxygen atoms in total. The summed E-state index contributed by atoms with van der Waals surface area (Å²) in [6.07, 6.45) is 0. The van der Waals surface area contributed by atoms with Crippen molar-refractivity contribution in [1.82, 2.24) is 4.90 Å². The number of benzene rings is 2. The highest BCUT2D eigenvalue weighted by molar-refractivity contribution is 6.30. The maximum atomic E-state index is 12.6. The minimum atomic E-state index is -0.517. The van der Waals surface area contributed by atoms with E-state index in [-0.39, 0.29) is 17.2 Å². The van der Waals surface area contributed by atoms with Crippen molar-refractivity contribution in [2.45, 2.75) is 0 Å². The van der Waals surface area contributed by atoms with E-state index >= 15 is 0 Å². The van der Waals surface area contributed by atoms with Gasteiger partial charge >= 0.3 is 0 Å². The number of nitro groups is 1. The Morgan fingerprint density at radius 3 is 2.25 bits per heavy atom. The van der Waals surface area contributed by atoms with Gasteiger partial charge in [-0.25, -0.2) is 0 Å². The summed E-state index contributed by atoms with van der Waals surface area (Å²) in [5, 5.41) is 11.8. The third kappa shape index (κ3) is 3.33. The van der Waals surface area contributed by atoms with Crippen molar-refractivity contribution in [3.05, 3.63) is 69.2 Å². The molecular formula is C17H16ClN3O3. The maximum absolute atomic E-state index is 12.6. The zero-order valence-electron chi connectivity index (χ0n) is 12.9. The van der Waals surface area contributed by atoms with Gasteiger partial charge in [-0.2, -0.15) is 0 Å². The molecule has 24 heavy (non-hydrogen) atoms. The van der Waals surface area contributed by atoms with E-state index in [1.807, 2.05) is 24.3 Å². The summed E-state index contributed by atoms with van der Waals surface area (Å²) < 4.78 is 0. The van der Waals surface area contributed by atoms with E-state index in [0.29, 0.717) is 31.2 Å². The fraction of sp³-hybridized carbons (Fsp3) is 0.235. The fourth-order valence-corrected chi connectivity index (χ4v) is 2.93. The average Bonchev–Trinajstić information content (AvgIpc) is 2.62. The molecular weight excluding hydrogens is 330 g/mol. The number of rotatable bonds is 3. The SMILES string of the molecule is O=C(c1ccccc1[N+](=O)[O-])N1CCN(c2ccc(Cl)cc2)CC1. The Labute approximate surface area is 144 Å². The summed E-state index contributed by atoms with van der Waals surface area (Å²) >= 11 is 5.90. The Kier molecular flexibility index (Phi) is 4.66. The van der Waals surface area contributed by atoms with Crippen LogP contribution in [0.15, 0.2) is 48.5 Å². The minimum absolute atomic E-state index is 0.141. The smallest absolute Gasteiger partial charge is 0.282 e. The molecule has 0 N–H and O–H groups in total. The molecule has 0 atom stereocenters. The second-order valence-electron chi connectivity index (χ2n) is 5.53. The summed E-state index contributed by atoms with van der Waals surface area (Å²) in [6, 6.07) is 13.6. The van der Waals surface area contributed by atoms with E-state index in [1.165, 1.54) is 12.1 Å². The lowest BCUT2D eigenvalue weighted by molar-refractivity contribution is -0.385. The predicted molar refractivity (Wildman–Crippen MR) is 92.7 cm³/mol. The lowest BCUT2D eigenvalue weighted by Gasteiger charge is -2.36. The van der Waals surface area contributed by atoms with Gasteiger partial charge in [0.15, 0.2) is 0 Å². The van der Waals surface area contributed by atoms with Gasteiger partial charge in [0.1, 0.15) is 5.56 Å².